The summed E-state index contributed by atoms with van der Waals surface area (Å²) < 4.78 is 1.01. The molecule has 0 bridgehead atoms. The lowest BCUT2D eigenvalue weighted by molar-refractivity contribution is -0.128. The van der Waals surface area contributed by atoms with Gasteiger partial charge in [-0.3, -0.25) is 4.79 Å². The maximum Gasteiger partial charge on any atom is 0.234 e. The smallest absolute Gasteiger partial charge is 0.234 e. The Bertz CT molecular complexity index is 522. The second kappa shape index (κ2) is 7.26. The number of nitrogens with one attached hydrogen (secondary N) is 1. The largest absolute Gasteiger partial charge is 0.409 e. The summed E-state index contributed by atoms with van der Waals surface area (Å²) in [6.45, 7) is 0.468. The molecule has 1 aromatic heterocycles. The van der Waals surface area contributed by atoms with Crippen molar-refractivity contribution in [3.8, 4) is 0 Å². The Morgan fingerprint density at radius 3 is 2.62 bits per heavy atom. The highest BCUT2D eigenvalue weighted by Gasteiger charge is 2.42. The molecule has 0 aromatic carbocycles. The van der Waals surface area contributed by atoms with E-state index >= 15 is 0 Å². The minimum atomic E-state index is -0.861. The Hall–Kier alpha value is -1.08. The van der Waals surface area contributed by atoms with E-state index in [0.717, 1.165) is 35.0 Å². The molecule has 1 aliphatic carbocycles. The molecule has 0 saturated heterocycles. The molecule has 1 amide bonds. The molecule has 1 heterocycles. The first-order chi connectivity index (χ1) is 10.1. The SMILES string of the molecule is NC(=NO)C1(C(=O)NCc2cc(Br)cs2)CCCCCC1. The number of rotatable bonds is 4. The van der Waals surface area contributed by atoms with Gasteiger partial charge in [0.1, 0.15) is 5.41 Å². The second-order valence-electron chi connectivity index (χ2n) is 5.40. The first kappa shape index (κ1) is 16.3. The van der Waals surface area contributed by atoms with E-state index in [0.29, 0.717) is 19.4 Å². The predicted octanol–water partition coefficient (Wildman–Crippen LogP) is 3.21. The summed E-state index contributed by atoms with van der Waals surface area (Å²) in [6.07, 6.45) is 5.31. The van der Waals surface area contributed by atoms with Crippen LogP contribution in [0.5, 0.6) is 0 Å². The predicted molar refractivity (Wildman–Crippen MR) is 87.4 cm³/mol. The molecule has 1 saturated carbocycles. The number of carbonyl (C=O) groups excluding carboxylic acids is 1. The van der Waals surface area contributed by atoms with Crippen molar-refractivity contribution in [3.05, 3.63) is 20.8 Å². The lowest BCUT2D eigenvalue weighted by Crippen LogP contribution is -2.49. The van der Waals surface area contributed by atoms with Gasteiger partial charge in [-0.25, -0.2) is 0 Å². The van der Waals surface area contributed by atoms with Crippen molar-refractivity contribution in [2.24, 2.45) is 16.3 Å². The highest BCUT2D eigenvalue weighted by Crippen LogP contribution is 2.36. The zero-order valence-corrected chi connectivity index (χ0v) is 14.2. The van der Waals surface area contributed by atoms with Crippen LogP contribution in [-0.2, 0) is 11.3 Å². The van der Waals surface area contributed by atoms with Crippen molar-refractivity contribution in [1.82, 2.24) is 5.32 Å². The molecule has 1 aromatic rings. The normalized spacial score (nSPS) is 19.0. The summed E-state index contributed by atoms with van der Waals surface area (Å²) in [6, 6.07) is 1.98. The van der Waals surface area contributed by atoms with Gasteiger partial charge in [0.25, 0.3) is 0 Å². The maximum atomic E-state index is 12.7. The quantitative estimate of drug-likeness (QED) is 0.249. The number of amidine groups is 1. The van der Waals surface area contributed by atoms with Crippen molar-refractivity contribution in [1.29, 1.82) is 0 Å². The third-order valence-corrected chi connectivity index (χ3v) is 5.73. The van der Waals surface area contributed by atoms with E-state index in [1.807, 2.05) is 11.4 Å². The topological polar surface area (TPSA) is 87.7 Å². The molecule has 21 heavy (non-hydrogen) atoms. The fourth-order valence-electron chi connectivity index (χ4n) is 2.81. The van der Waals surface area contributed by atoms with Crippen molar-refractivity contribution in [3.63, 3.8) is 0 Å². The Labute approximate surface area is 136 Å². The van der Waals surface area contributed by atoms with Crippen LogP contribution in [0.15, 0.2) is 21.1 Å². The molecule has 116 valence electrons. The molecule has 7 heteroatoms. The second-order valence-corrected chi connectivity index (χ2v) is 7.31. The van der Waals surface area contributed by atoms with E-state index in [1.165, 1.54) is 0 Å². The number of oxime groups is 1. The summed E-state index contributed by atoms with van der Waals surface area (Å²) in [5.41, 5.74) is 5.00. The van der Waals surface area contributed by atoms with Gasteiger partial charge in [0, 0.05) is 14.7 Å². The molecule has 0 spiro atoms. The van der Waals surface area contributed by atoms with Crippen molar-refractivity contribution in [2.75, 3.05) is 0 Å². The highest BCUT2D eigenvalue weighted by atomic mass is 79.9. The van der Waals surface area contributed by atoms with Gasteiger partial charge in [-0.1, -0.05) is 30.8 Å². The zero-order valence-electron chi connectivity index (χ0n) is 11.8. The Kier molecular flexibility index (Phi) is 5.64. The van der Waals surface area contributed by atoms with Crippen molar-refractivity contribution < 1.29 is 10.0 Å². The van der Waals surface area contributed by atoms with E-state index in [9.17, 15) is 4.79 Å². The minimum Gasteiger partial charge on any atom is -0.409 e. The summed E-state index contributed by atoms with van der Waals surface area (Å²) >= 11 is 4.98. The van der Waals surface area contributed by atoms with Gasteiger partial charge in [-0.05, 0) is 34.8 Å². The van der Waals surface area contributed by atoms with Gasteiger partial charge in [0.15, 0.2) is 5.84 Å². The fourth-order valence-corrected chi connectivity index (χ4v) is 4.20. The van der Waals surface area contributed by atoms with Gasteiger partial charge < -0.3 is 16.3 Å². The third-order valence-electron chi connectivity index (χ3n) is 4.03. The van der Waals surface area contributed by atoms with Crippen LogP contribution in [0.4, 0.5) is 0 Å². The van der Waals surface area contributed by atoms with E-state index in [1.54, 1.807) is 11.3 Å². The number of carbonyl (C=O) groups is 1. The van der Waals surface area contributed by atoms with Crippen LogP contribution in [0.1, 0.15) is 43.4 Å². The summed E-state index contributed by atoms with van der Waals surface area (Å²) in [7, 11) is 0. The van der Waals surface area contributed by atoms with E-state index < -0.39 is 5.41 Å². The Morgan fingerprint density at radius 2 is 2.10 bits per heavy atom. The molecule has 0 aliphatic heterocycles. The minimum absolute atomic E-state index is 0.0364. The summed E-state index contributed by atoms with van der Waals surface area (Å²) in [4.78, 5) is 13.7. The van der Waals surface area contributed by atoms with Crippen molar-refractivity contribution >= 4 is 39.0 Å². The summed E-state index contributed by atoms with van der Waals surface area (Å²) in [5.74, 6) is -0.0986. The third kappa shape index (κ3) is 3.77. The van der Waals surface area contributed by atoms with E-state index in [4.69, 9.17) is 10.9 Å². The lowest BCUT2D eigenvalue weighted by atomic mass is 9.78. The average molecular weight is 374 g/mol. The number of halogens is 1. The number of amides is 1. The zero-order chi connectivity index (χ0) is 15.3. The monoisotopic (exact) mass is 373 g/mol. The van der Waals surface area contributed by atoms with Gasteiger partial charge >= 0.3 is 0 Å². The molecule has 5 nitrogen and oxygen atoms in total. The summed E-state index contributed by atoms with van der Waals surface area (Å²) in [5, 5.41) is 17.1. The fraction of sp³-hybridized carbons (Fsp3) is 0.571. The number of hydrogen-bond acceptors (Lipinski definition) is 4. The van der Waals surface area contributed by atoms with Gasteiger partial charge in [0.2, 0.25) is 5.91 Å². The number of nitrogens with zero attached hydrogens (tertiary/aromatic N) is 1. The standard InChI is InChI=1S/C14H20BrN3O2S/c15-10-7-11(21-9-10)8-17-13(19)14(12(16)18-20)5-3-1-2-4-6-14/h7,9,20H,1-6,8H2,(H2,16,18)(H,17,19). The lowest BCUT2D eigenvalue weighted by Gasteiger charge is -2.29. The molecule has 0 unspecified atom stereocenters. The molecule has 2 rings (SSSR count). The van der Waals surface area contributed by atoms with Crippen LogP contribution in [0, 0.1) is 5.41 Å². The van der Waals surface area contributed by atoms with Gasteiger partial charge in [-0.15, -0.1) is 11.3 Å². The van der Waals surface area contributed by atoms with Crippen LogP contribution in [0.2, 0.25) is 0 Å². The average Bonchev–Trinajstić information content (AvgIpc) is 2.76. The molecular formula is C14H20BrN3O2S. The number of hydrogen-bond donors (Lipinski definition) is 3. The maximum absolute atomic E-state index is 12.7. The van der Waals surface area contributed by atoms with Crippen LogP contribution < -0.4 is 11.1 Å². The molecule has 1 aliphatic rings. The molecular weight excluding hydrogens is 354 g/mol. The first-order valence-electron chi connectivity index (χ1n) is 7.08. The van der Waals surface area contributed by atoms with Gasteiger partial charge in [-0.2, -0.15) is 0 Å². The van der Waals surface area contributed by atoms with Gasteiger partial charge in [0.05, 0.1) is 6.54 Å². The Balaban J connectivity index is 2.10. The highest BCUT2D eigenvalue weighted by molar-refractivity contribution is 9.10. The molecule has 4 N–H and O–H groups in total. The first-order valence-corrected chi connectivity index (χ1v) is 8.75. The van der Waals surface area contributed by atoms with E-state index in [2.05, 4.69) is 26.4 Å². The number of thiophene rings is 1. The molecule has 0 atom stereocenters. The van der Waals surface area contributed by atoms with E-state index in [-0.39, 0.29) is 11.7 Å². The Morgan fingerprint density at radius 1 is 1.43 bits per heavy atom. The molecule has 0 radical (unpaired) electrons. The van der Waals surface area contributed by atoms with Crippen LogP contribution >= 0.6 is 27.3 Å². The van der Waals surface area contributed by atoms with Crippen LogP contribution in [-0.4, -0.2) is 17.0 Å². The van der Waals surface area contributed by atoms with Crippen LogP contribution in [0.25, 0.3) is 0 Å². The van der Waals surface area contributed by atoms with Crippen molar-refractivity contribution in [2.45, 2.75) is 45.1 Å². The molecule has 1 fully saturated rings. The number of nitrogens with two attached hydrogens (primary N) is 1. The van der Waals surface area contributed by atoms with Crippen LogP contribution in [0.3, 0.4) is 0 Å².